The van der Waals surface area contributed by atoms with Crippen LogP contribution in [0.3, 0.4) is 0 Å². The van der Waals surface area contributed by atoms with Gasteiger partial charge in [-0.15, -0.1) is 0 Å². The number of benzene rings is 1. The Balaban J connectivity index is 2.11. The Hall–Kier alpha value is -2.40. The van der Waals surface area contributed by atoms with Crippen molar-refractivity contribution >= 4 is 29.1 Å². The molecule has 5 nitrogen and oxygen atoms in total. The van der Waals surface area contributed by atoms with Crippen LogP contribution in [0, 0.1) is 0 Å². The summed E-state index contributed by atoms with van der Waals surface area (Å²) in [6.45, 7) is 0. The monoisotopic (exact) mass is 275 g/mol. The average molecular weight is 276 g/mol. The Morgan fingerprint density at radius 2 is 1.68 bits per heavy atom. The third-order valence-corrected chi connectivity index (χ3v) is 2.60. The number of carbonyl (C=O) groups is 2. The highest BCUT2D eigenvalue weighted by molar-refractivity contribution is 6.29. The molecule has 1 aromatic heterocycles. The van der Waals surface area contributed by atoms with Crippen LogP contribution in [0.15, 0.2) is 42.6 Å². The van der Waals surface area contributed by atoms with Crippen molar-refractivity contribution in [2.75, 3.05) is 5.73 Å². The number of carbonyl (C=O) groups excluding carboxylic acids is 2. The van der Waals surface area contributed by atoms with Gasteiger partial charge in [-0.3, -0.25) is 14.9 Å². The SMILES string of the molecule is Nc1ccc(C(=O)NC(=O)c2ccnc(Cl)c2)cc1. The van der Waals surface area contributed by atoms with E-state index in [0.717, 1.165) is 0 Å². The van der Waals surface area contributed by atoms with Gasteiger partial charge in [-0.05, 0) is 36.4 Å². The summed E-state index contributed by atoms with van der Waals surface area (Å²) < 4.78 is 0. The lowest BCUT2D eigenvalue weighted by atomic mass is 10.2. The van der Waals surface area contributed by atoms with Gasteiger partial charge in [0.25, 0.3) is 11.8 Å². The van der Waals surface area contributed by atoms with E-state index >= 15 is 0 Å². The van der Waals surface area contributed by atoms with Gasteiger partial charge in [0.05, 0.1) is 0 Å². The third-order valence-electron chi connectivity index (χ3n) is 2.39. The number of halogens is 1. The first kappa shape index (κ1) is 13.0. The molecule has 0 atom stereocenters. The average Bonchev–Trinajstić information content (AvgIpc) is 2.39. The van der Waals surface area contributed by atoms with E-state index in [-0.39, 0.29) is 10.7 Å². The summed E-state index contributed by atoms with van der Waals surface area (Å²) in [5, 5.41) is 2.44. The van der Waals surface area contributed by atoms with E-state index in [9.17, 15) is 9.59 Å². The molecule has 0 aliphatic rings. The Labute approximate surface area is 114 Å². The molecule has 1 heterocycles. The molecule has 0 saturated heterocycles. The number of hydrogen-bond donors (Lipinski definition) is 2. The first-order chi connectivity index (χ1) is 9.06. The first-order valence-electron chi connectivity index (χ1n) is 5.39. The molecule has 96 valence electrons. The molecule has 3 N–H and O–H groups in total. The van der Waals surface area contributed by atoms with E-state index in [1.54, 1.807) is 12.1 Å². The van der Waals surface area contributed by atoms with Crippen LogP contribution >= 0.6 is 11.6 Å². The predicted octanol–water partition coefficient (Wildman–Crippen LogP) is 1.89. The van der Waals surface area contributed by atoms with Gasteiger partial charge < -0.3 is 5.73 Å². The standard InChI is InChI=1S/C13H10ClN3O2/c14-11-7-9(5-6-16-11)13(19)17-12(18)8-1-3-10(15)4-2-8/h1-7H,15H2,(H,17,18,19). The number of anilines is 1. The zero-order chi connectivity index (χ0) is 13.8. The molecule has 0 aliphatic carbocycles. The van der Waals surface area contributed by atoms with Crippen molar-refractivity contribution in [3.63, 3.8) is 0 Å². The second kappa shape index (κ2) is 5.49. The lowest BCUT2D eigenvalue weighted by Crippen LogP contribution is -2.30. The Bertz CT molecular complexity index is 626. The second-order valence-corrected chi connectivity index (χ2v) is 4.16. The maximum absolute atomic E-state index is 11.8. The van der Waals surface area contributed by atoms with Gasteiger partial charge in [0.2, 0.25) is 0 Å². The molecule has 2 amide bonds. The number of pyridine rings is 1. The van der Waals surface area contributed by atoms with Crippen LogP contribution in [0.25, 0.3) is 0 Å². The van der Waals surface area contributed by atoms with E-state index in [2.05, 4.69) is 10.3 Å². The maximum atomic E-state index is 11.8. The maximum Gasteiger partial charge on any atom is 0.258 e. The number of nitrogen functional groups attached to an aromatic ring is 1. The fraction of sp³-hybridized carbons (Fsp3) is 0. The molecular formula is C13H10ClN3O2. The number of nitrogens with zero attached hydrogens (tertiary/aromatic N) is 1. The summed E-state index contributed by atoms with van der Waals surface area (Å²) >= 11 is 5.67. The molecule has 0 bridgehead atoms. The summed E-state index contributed by atoms with van der Waals surface area (Å²) in [6, 6.07) is 9.10. The van der Waals surface area contributed by atoms with Gasteiger partial charge in [-0.1, -0.05) is 11.6 Å². The number of hydrogen-bond acceptors (Lipinski definition) is 4. The van der Waals surface area contributed by atoms with E-state index in [4.69, 9.17) is 17.3 Å². The molecule has 0 fully saturated rings. The molecule has 1 aromatic carbocycles. The predicted molar refractivity (Wildman–Crippen MR) is 71.9 cm³/mol. The lowest BCUT2D eigenvalue weighted by molar-refractivity contribution is 0.0849. The number of aromatic nitrogens is 1. The largest absolute Gasteiger partial charge is 0.399 e. The van der Waals surface area contributed by atoms with Crippen LogP contribution in [-0.2, 0) is 0 Å². The molecule has 0 unspecified atom stereocenters. The quantitative estimate of drug-likeness (QED) is 0.498. The normalized spacial score (nSPS) is 9.95. The van der Waals surface area contributed by atoms with Gasteiger partial charge in [0.1, 0.15) is 5.15 Å². The molecule has 0 radical (unpaired) electrons. The lowest BCUT2D eigenvalue weighted by Gasteiger charge is -2.04. The third kappa shape index (κ3) is 3.29. The van der Waals surface area contributed by atoms with Crippen LogP contribution < -0.4 is 11.1 Å². The van der Waals surface area contributed by atoms with Crippen LogP contribution in [0.5, 0.6) is 0 Å². The highest BCUT2D eigenvalue weighted by atomic mass is 35.5. The van der Waals surface area contributed by atoms with E-state index < -0.39 is 11.8 Å². The zero-order valence-corrected chi connectivity index (χ0v) is 10.5. The Kier molecular flexibility index (Phi) is 3.77. The van der Waals surface area contributed by atoms with Crippen molar-refractivity contribution in [2.24, 2.45) is 0 Å². The van der Waals surface area contributed by atoms with E-state index in [0.29, 0.717) is 11.3 Å². The highest BCUT2D eigenvalue weighted by Crippen LogP contribution is 2.08. The van der Waals surface area contributed by atoms with Gasteiger partial charge in [0.15, 0.2) is 0 Å². The van der Waals surface area contributed by atoms with E-state index in [1.807, 2.05) is 0 Å². The molecule has 2 rings (SSSR count). The molecule has 2 aromatic rings. The Morgan fingerprint density at radius 1 is 1.05 bits per heavy atom. The minimum Gasteiger partial charge on any atom is -0.399 e. The summed E-state index contributed by atoms with van der Waals surface area (Å²) in [5.74, 6) is -1.04. The van der Waals surface area contributed by atoms with Crippen molar-refractivity contribution in [3.8, 4) is 0 Å². The number of imide groups is 1. The number of rotatable bonds is 2. The molecular weight excluding hydrogens is 266 g/mol. The molecule has 0 saturated carbocycles. The molecule has 0 aliphatic heterocycles. The smallest absolute Gasteiger partial charge is 0.258 e. The molecule has 6 heteroatoms. The second-order valence-electron chi connectivity index (χ2n) is 3.77. The van der Waals surface area contributed by atoms with Crippen LogP contribution in [0.1, 0.15) is 20.7 Å². The first-order valence-corrected chi connectivity index (χ1v) is 5.77. The van der Waals surface area contributed by atoms with Crippen molar-refractivity contribution in [1.82, 2.24) is 10.3 Å². The van der Waals surface area contributed by atoms with Crippen molar-refractivity contribution in [1.29, 1.82) is 0 Å². The minimum absolute atomic E-state index is 0.188. The Morgan fingerprint density at radius 3 is 2.32 bits per heavy atom. The zero-order valence-electron chi connectivity index (χ0n) is 9.76. The summed E-state index contributed by atoms with van der Waals surface area (Å²) in [4.78, 5) is 27.4. The van der Waals surface area contributed by atoms with Crippen LogP contribution in [0.2, 0.25) is 5.15 Å². The molecule has 19 heavy (non-hydrogen) atoms. The van der Waals surface area contributed by atoms with Gasteiger partial charge in [-0.2, -0.15) is 0 Å². The van der Waals surface area contributed by atoms with Crippen LogP contribution in [0.4, 0.5) is 5.69 Å². The molecule has 0 spiro atoms. The van der Waals surface area contributed by atoms with Gasteiger partial charge >= 0.3 is 0 Å². The van der Waals surface area contributed by atoms with Gasteiger partial charge in [0, 0.05) is 23.0 Å². The minimum atomic E-state index is -0.536. The summed E-state index contributed by atoms with van der Waals surface area (Å²) in [6.07, 6.45) is 1.39. The summed E-state index contributed by atoms with van der Waals surface area (Å²) in [7, 11) is 0. The van der Waals surface area contributed by atoms with Gasteiger partial charge in [-0.25, -0.2) is 4.98 Å². The topological polar surface area (TPSA) is 85.1 Å². The number of nitrogens with two attached hydrogens (primary N) is 1. The number of nitrogens with one attached hydrogen (secondary N) is 1. The highest BCUT2D eigenvalue weighted by Gasteiger charge is 2.12. The van der Waals surface area contributed by atoms with Crippen molar-refractivity contribution < 1.29 is 9.59 Å². The van der Waals surface area contributed by atoms with Crippen molar-refractivity contribution in [3.05, 3.63) is 58.9 Å². The van der Waals surface area contributed by atoms with Crippen LogP contribution in [-0.4, -0.2) is 16.8 Å². The van der Waals surface area contributed by atoms with E-state index in [1.165, 1.54) is 30.5 Å². The fourth-order valence-corrected chi connectivity index (χ4v) is 1.60. The van der Waals surface area contributed by atoms with Crippen molar-refractivity contribution in [2.45, 2.75) is 0 Å². The summed E-state index contributed by atoms with van der Waals surface area (Å²) in [5.41, 5.74) is 6.68. The fourth-order valence-electron chi connectivity index (χ4n) is 1.43. The number of amides is 2.